The van der Waals surface area contributed by atoms with Crippen LogP contribution >= 0.6 is 0 Å². The molecule has 1 unspecified atom stereocenters. The van der Waals surface area contributed by atoms with Crippen LogP contribution in [0, 0.1) is 0 Å². The van der Waals surface area contributed by atoms with Gasteiger partial charge in [-0.2, -0.15) is 5.10 Å². The number of carbonyl (C=O) groups excluding carboxylic acids is 1. The van der Waals surface area contributed by atoms with Gasteiger partial charge < -0.3 is 23.8 Å². The van der Waals surface area contributed by atoms with Gasteiger partial charge in [0.15, 0.2) is 11.5 Å². The lowest BCUT2D eigenvalue weighted by molar-refractivity contribution is 0.0677. The van der Waals surface area contributed by atoms with E-state index < -0.39 is 0 Å². The summed E-state index contributed by atoms with van der Waals surface area (Å²) in [5.41, 5.74) is 3.91. The maximum atomic E-state index is 13.4. The molecule has 0 saturated carbocycles. The predicted molar refractivity (Wildman–Crippen MR) is 133 cm³/mol. The molecule has 8 heteroatoms. The molecule has 2 aromatic carbocycles. The molecule has 1 atom stereocenters. The molecule has 0 saturated heterocycles. The van der Waals surface area contributed by atoms with Crippen LogP contribution in [0.4, 0.5) is 0 Å². The normalized spacial score (nSPS) is 14.8. The number of aromatic amines is 1. The van der Waals surface area contributed by atoms with Gasteiger partial charge in [0.2, 0.25) is 0 Å². The van der Waals surface area contributed by atoms with E-state index >= 15 is 0 Å². The van der Waals surface area contributed by atoms with Gasteiger partial charge in [-0.3, -0.25) is 9.89 Å². The lowest BCUT2D eigenvalue weighted by Gasteiger charge is -2.27. The van der Waals surface area contributed by atoms with Crippen molar-refractivity contribution in [3.05, 3.63) is 59.3 Å². The number of rotatable bonds is 12. The first kappa shape index (κ1) is 24.6. The molecule has 0 bridgehead atoms. The molecule has 0 fully saturated rings. The Kier molecular flexibility index (Phi) is 7.92. The highest BCUT2D eigenvalue weighted by molar-refractivity contribution is 6.00. The molecule has 0 aliphatic carbocycles. The molecule has 2 heterocycles. The number of nitrogens with one attached hydrogen (secondary N) is 1. The molecule has 0 spiro atoms. The number of hydrogen-bond acceptors (Lipinski definition) is 6. The van der Waals surface area contributed by atoms with Crippen molar-refractivity contribution in [2.24, 2.45) is 0 Å². The second-order valence-corrected chi connectivity index (χ2v) is 8.32. The number of carbonyl (C=O) groups is 1. The largest absolute Gasteiger partial charge is 0.497 e. The van der Waals surface area contributed by atoms with Crippen molar-refractivity contribution in [1.82, 2.24) is 15.1 Å². The summed E-state index contributed by atoms with van der Waals surface area (Å²) in [6.45, 7) is 6.09. The smallest absolute Gasteiger partial charge is 0.273 e. The van der Waals surface area contributed by atoms with Crippen molar-refractivity contribution < 1.29 is 23.7 Å². The fraction of sp³-hybridized carbons (Fsp3) is 0.407. The molecule has 0 radical (unpaired) electrons. The van der Waals surface area contributed by atoms with Crippen molar-refractivity contribution in [2.75, 3.05) is 40.6 Å². The van der Waals surface area contributed by atoms with Gasteiger partial charge in [0, 0.05) is 24.8 Å². The number of amides is 1. The van der Waals surface area contributed by atoms with Gasteiger partial charge in [-0.15, -0.1) is 0 Å². The van der Waals surface area contributed by atoms with Crippen LogP contribution in [0.2, 0.25) is 0 Å². The second kappa shape index (κ2) is 11.3. The molecule has 8 nitrogen and oxygen atoms in total. The van der Waals surface area contributed by atoms with Gasteiger partial charge in [-0.1, -0.05) is 19.4 Å². The van der Waals surface area contributed by atoms with E-state index in [4.69, 9.17) is 18.9 Å². The van der Waals surface area contributed by atoms with Gasteiger partial charge in [0.25, 0.3) is 5.91 Å². The number of hydrogen-bond donors (Lipinski definition) is 1. The minimum absolute atomic E-state index is 0.101. The average molecular weight is 480 g/mol. The molecule has 1 aliphatic heterocycles. The van der Waals surface area contributed by atoms with Crippen LogP contribution in [0.3, 0.4) is 0 Å². The lowest BCUT2D eigenvalue weighted by atomic mass is 9.95. The zero-order chi connectivity index (χ0) is 24.8. The SMILES string of the molecule is CCCCOc1ccc(C2c3c(-c4ccc(OC)cc4)n[nH]c3C(=O)N2CCOC)cc1OCC. The third kappa shape index (κ3) is 4.98. The Bertz CT molecular complexity index is 1140. The Balaban J connectivity index is 1.78. The Hall–Kier alpha value is -3.52. The molecular weight excluding hydrogens is 446 g/mol. The number of nitrogens with zero attached hydrogens (tertiary/aromatic N) is 2. The number of ether oxygens (including phenoxy) is 4. The van der Waals surface area contributed by atoms with Gasteiger partial charge in [0.1, 0.15) is 11.4 Å². The first-order valence-corrected chi connectivity index (χ1v) is 12.0. The van der Waals surface area contributed by atoms with E-state index in [1.54, 1.807) is 14.2 Å². The number of methoxy groups -OCH3 is 2. The zero-order valence-electron chi connectivity index (χ0n) is 20.8. The summed E-state index contributed by atoms with van der Waals surface area (Å²) < 4.78 is 22.5. The zero-order valence-corrected chi connectivity index (χ0v) is 20.8. The maximum absolute atomic E-state index is 13.4. The van der Waals surface area contributed by atoms with Crippen LogP contribution in [0.5, 0.6) is 17.2 Å². The summed E-state index contributed by atoms with van der Waals surface area (Å²) >= 11 is 0. The molecule has 1 aromatic heterocycles. The standard InChI is InChI=1S/C27H33N3O5/c1-5-7-15-35-21-13-10-19(17-22(21)34-6-2)26-23-24(18-8-11-20(33-4)12-9-18)28-29-25(23)27(31)30(26)14-16-32-3/h8-13,17,26H,5-7,14-16H2,1-4H3,(H,28,29). The van der Waals surface area contributed by atoms with E-state index in [0.717, 1.165) is 41.0 Å². The van der Waals surface area contributed by atoms with E-state index in [-0.39, 0.29) is 11.9 Å². The Labute approximate surface area is 206 Å². The van der Waals surface area contributed by atoms with E-state index in [2.05, 4.69) is 17.1 Å². The molecule has 35 heavy (non-hydrogen) atoms. The first-order valence-electron chi connectivity index (χ1n) is 12.0. The summed E-state index contributed by atoms with van der Waals surface area (Å²) in [6.07, 6.45) is 2.02. The second-order valence-electron chi connectivity index (χ2n) is 8.32. The highest BCUT2D eigenvalue weighted by Gasteiger charge is 2.42. The van der Waals surface area contributed by atoms with Gasteiger partial charge in [-0.25, -0.2) is 0 Å². The summed E-state index contributed by atoms with van der Waals surface area (Å²) in [7, 11) is 3.27. The number of unbranched alkanes of at least 4 members (excludes halogenated alkanes) is 1. The molecule has 1 aliphatic rings. The maximum Gasteiger partial charge on any atom is 0.273 e. The fourth-order valence-corrected chi connectivity index (χ4v) is 4.34. The predicted octanol–water partition coefficient (Wildman–Crippen LogP) is 4.85. The summed E-state index contributed by atoms with van der Waals surface area (Å²) in [5.74, 6) is 2.04. The van der Waals surface area contributed by atoms with E-state index in [1.165, 1.54) is 0 Å². The lowest BCUT2D eigenvalue weighted by Crippen LogP contribution is -2.32. The van der Waals surface area contributed by atoms with Crippen LogP contribution in [0.1, 0.15) is 54.3 Å². The number of aromatic nitrogens is 2. The van der Waals surface area contributed by atoms with Crippen molar-refractivity contribution >= 4 is 5.91 Å². The van der Waals surface area contributed by atoms with Crippen molar-refractivity contribution in [3.63, 3.8) is 0 Å². The third-order valence-electron chi connectivity index (χ3n) is 6.10. The van der Waals surface area contributed by atoms with E-state index in [1.807, 2.05) is 54.3 Å². The summed E-state index contributed by atoms with van der Waals surface area (Å²) in [6, 6.07) is 13.2. The van der Waals surface area contributed by atoms with E-state index in [0.29, 0.717) is 43.6 Å². The molecule has 3 aromatic rings. The summed E-state index contributed by atoms with van der Waals surface area (Å²) in [5, 5.41) is 7.52. The monoisotopic (exact) mass is 479 g/mol. The topological polar surface area (TPSA) is 85.9 Å². The number of benzene rings is 2. The van der Waals surface area contributed by atoms with Crippen molar-refractivity contribution in [3.8, 4) is 28.5 Å². The van der Waals surface area contributed by atoms with Crippen LogP contribution < -0.4 is 14.2 Å². The Morgan fingerprint density at radius 1 is 1.00 bits per heavy atom. The summed E-state index contributed by atoms with van der Waals surface area (Å²) in [4.78, 5) is 15.2. The van der Waals surface area contributed by atoms with Gasteiger partial charge in [-0.05, 0) is 55.3 Å². The average Bonchev–Trinajstić information content (AvgIpc) is 3.42. The van der Waals surface area contributed by atoms with Crippen molar-refractivity contribution in [2.45, 2.75) is 32.7 Å². The Morgan fingerprint density at radius 2 is 1.80 bits per heavy atom. The molecule has 1 N–H and O–H groups in total. The Morgan fingerprint density at radius 3 is 2.49 bits per heavy atom. The molecule has 4 rings (SSSR count). The van der Waals surface area contributed by atoms with Crippen LogP contribution in [0.15, 0.2) is 42.5 Å². The van der Waals surface area contributed by atoms with Crippen LogP contribution in [-0.2, 0) is 4.74 Å². The number of H-pyrrole nitrogens is 1. The molecular formula is C27H33N3O5. The van der Waals surface area contributed by atoms with Crippen LogP contribution in [0.25, 0.3) is 11.3 Å². The first-order chi connectivity index (χ1) is 17.1. The van der Waals surface area contributed by atoms with Gasteiger partial charge >= 0.3 is 0 Å². The minimum Gasteiger partial charge on any atom is -0.497 e. The van der Waals surface area contributed by atoms with E-state index in [9.17, 15) is 4.79 Å². The minimum atomic E-state index is -0.340. The fourth-order valence-electron chi connectivity index (χ4n) is 4.34. The third-order valence-corrected chi connectivity index (χ3v) is 6.10. The molecule has 186 valence electrons. The van der Waals surface area contributed by atoms with Crippen molar-refractivity contribution in [1.29, 1.82) is 0 Å². The highest BCUT2D eigenvalue weighted by atomic mass is 16.5. The molecule has 1 amide bonds. The number of fused-ring (bicyclic) bond motifs is 1. The van der Waals surface area contributed by atoms with Gasteiger partial charge in [0.05, 0.1) is 38.7 Å². The quantitative estimate of drug-likeness (QED) is 0.374. The highest BCUT2D eigenvalue weighted by Crippen LogP contribution is 2.44. The van der Waals surface area contributed by atoms with Crippen LogP contribution in [-0.4, -0.2) is 61.6 Å².